The number of thiazole rings is 1. The highest BCUT2D eigenvalue weighted by Crippen LogP contribution is 2.29. The largest absolute Gasteiger partial charge is 0.343 e. The molecule has 0 atom stereocenters. The smallest absolute Gasteiger partial charge is 0.251 e. The molecule has 2 aromatic heterocycles. The number of nitrogens with one attached hydrogen (secondary N) is 2. The molecule has 0 radical (unpaired) electrons. The molecule has 0 spiro atoms. The van der Waals surface area contributed by atoms with Crippen LogP contribution in [0.4, 0.5) is 5.69 Å². The molecule has 2 heterocycles. The normalized spacial score (nSPS) is 10.6. The van der Waals surface area contributed by atoms with Crippen molar-refractivity contribution in [2.75, 3.05) is 11.9 Å². The zero-order chi connectivity index (χ0) is 19.3. The summed E-state index contributed by atoms with van der Waals surface area (Å²) in [5.74, 6) is -0.572. The van der Waals surface area contributed by atoms with E-state index in [1.54, 1.807) is 30.5 Å². The lowest BCUT2D eigenvalue weighted by Gasteiger charge is -2.07. The lowest BCUT2D eigenvalue weighted by Crippen LogP contribution is -2.32. The molecule has 28 heavy (non-hydrogen) atoms. The van der Waals surface area contributed by atoms with Crippen molar-refractivity contribution in [2.24, 2.45) is 0 Å². The summed E-state index contributed by atoms with van der Waals surface area (Å²) in [4.78, 5) is 33.8. The molecule has 0 fully saturated rings. The fourth-order valence-corrected chi connectivity index (χ4v) is 3.56. The highest BCUT2D eigenvalue weighted by molar-refractivity contribution is 7.21. The van der Waals surface area contributed by atoms with Gasteiger partial charge in [-0.25, -0.2) is 9.97 Å². The van der Waals surface area contributed by atoms with E-state index in [0.29, 0.717) is 11.3 Å². The first kappa shape index (κ1) is 17.8. The topological polar surface area (TPSA) is 84.0 Å². The standard InChI is InChI=1S/C21H16N4O2S/c26-18(13-23-19(27)14-5-2-1-3-6-14)24-16-10-8-15(9-11-16)20-25-17-7-4-12-22-21(17)28-20/h1-12H,13H2,(H,23,27)(H,24,26). The van der Waals surface area contributed by atoms with Crippen LogP contribution in [0.25, 0.3) is 20.9 Å². The molecule has 138 valence electrons. The first-order valence-corrected chi connectivity index (χ1v) is 9.46. The minimum atomic E-state index is -0.291. The number of benzene rings is 2. The molecule has 0 bridgehead atoms. The van der Waals surface area contributed by atoms with Crippen LogP contribution in [0.1, 0.15) is 10.4 Å². The Balaban J connectivity index is 1.36. The molecule has 7 heteroatoms. The number of fused-ring (bicyclic) bond motifs is 1. The average Bonchev–Trinajstić information content (AvgIpc) is 3.17. The van der Waals surface area contributed by atoms with Crippen molar-refractivity contribution in [1.82, 2.24) is 15.3 Å². The van der Waals surface area contributed by atoms with E-state index in [9.17, 15) is 9.59 Å². The van der Waals surface area contributed by atoms with Crippen LogP contribution in [-0.4, -0.2) is 28.3 Å². The minimum absolute atomic E-state index is 0.0982. The molecule has 0 aliphatic carbocycles. The third-order valence-electron chi connectivity index (χ3n) is 4.03. The molecule has 2 N–H and O–H groups in total. The third-order valence-corrected chi connectivity index (χ3v) is 5.06. The Kier molecular flexibility index (Phi) is 5.07. The van der Waals surface area contributed by atoms with Crippen molar-refractivity contribution in [3.8, 4) is 10.6 Å². The first-order valence-electron chi connectivity index (χ1n) is 8.64. The van der Waals surface area contributed by atoms with Gasteiger partial charge in [0.1, 0.15) is 15.4 Å². The van der Waals surface area contributed by atoms with Gasteiger partial charge < -0.3 is 10.6 Å². The second-order valence-corrected chi connectivity index (χ2v) is 7.00. The highest BCUT2D eigenvalue weighted by Gasteiger charge is 2.09. The predicted molar refractivity (Wildman–Crippen MR) is 110 cm³/mol. The number of pyridine rings is 1. The van der Waals surface area contributed by atoms with E-state index in [-0.39, 0.29) is 18.4 Å². The summed E-state index contributed by atoms with van der Waals surface area (Å²) >= 11 is 1.52. The number of amides is 2. The average molecular weight is 388 g/mol. The number of anilines is 1. The summed E-state index contributed by atoms with van der Waals surface area (Å²) in [6.45, 7) is -0.0982. The number of carbonyl (C=O) groups excluding carboxylic acids is 2. The Hall–Kier alpha value is -3.58. The van der Waals surface area contributed by atoms with Crippen molar-refractivity contribution in [1.29, 1.82) is 0 Å². The molecule has 0 aliphatic heterocycles. The van der Waals surface area contributed by atoms with Crippen LogP contribution in [-0.2, 0) is 4.79 Å². The molecule has 4 aromatic rings. The first-order chi connectivity index (χ1) is 13.7. The van der Waals surface area contributed by atoms with Gasteiger partial charge in [-0.15, -0.1) is 0 Å². The second kappa shape index (κ2) is 7.98. The van der Waals surface area contributed by atoms with Crippen molar-refractivity contribution >= 4 is 39.2 Å². The zero-order valence-corrected chi connectivity index (χ0v) is 15.6. The SMILES string of the molecule is O=C(CNC(=O)c1ccccc1)Nc1ccc(-c2nc3cccnc3s2)cc1. The van der Waals surface area contributed by atoms with Crippen LogP contribution < -0.4 is 10.6 Å². The quantitative estimate of drug-likeness (QED) is 0.546. The maximum Gasteiger partial charge on any atom is 0.251 e. The fourth-order valence-electron chi connectivity index (χ4n) is 2.65. The maximum absolute atomic E-state index is 12.1. The van der Waals surface area contributed by atoms with Gasteiger partial charge in [0.2, 0.25) is 5.91 Å². The van der Waals surface area contributed by atoms with Crippen LogP contribution in [0.3, 0.4) is 0 Å². The predicted octanol–water partition coefficient (Wildman–Crippen LogP) is 3.73. The molecular weight excluding hydrogens is 372 g/mol. The monoisotopic (exact) mass is 388 g/mol. The van der Waals surface area contributed by atoms with E-state index in [1.165, 1.54) is 11.3 Å². The van der Waals surface area contributed by atoms with Crippen LogP contribution in [0.5, 0.6) is 0 Å². The molecule has 6 nitrogen and oxygen atoms in total. The Bertz CT molecular complexity index is 1090. The Morgan fingerprint density at radius 2 is 1.71 bits per heavy atom. The zero-order valence-electron chi connectivity index (χ0n) is 14.8. The second-order valence-electron chi connectivity index (χ2n) is 6.02. The van der Waals surface area contributed by atoms with Crippen LogP contribution in [0, 0.1) is 0 Å². The molecule has 0 unspecified atom stereocenters. The summed E-state index contributed by atoms with van der Waals surface area (Å²) < 4.78 is 0. The van der Waals surface area contributed by atoms with E-state index >= 15 is 0 Å². The summed E-state index contributed by atoms with van der Waals surface area (Å²) in [5.41, 5.74) is 3.00. The molecular formula is C21H16N4O2S. The van der Waals surface area contributed by atoms with Gasteiger partial charge >= 0.3 is 0 Å². The summed E-state index contributed by atoms with van der Waals surface area (Å²) in [7, 11) is 0. The van der Waals surface area contributed by atoms with Crippen molar-refractivity contribution in [3.63, 3.8) is 0 Å². The number of rotatable bonds is 5. The Morgan fingerprint density at radius 3 is 2.46 bits per heavy atom. The number of nitrogens with zero attached hydrogens (tertiary/aromatic N) is 2. The molecule has 2 amide bonds. The molecule has 2 aromatic carbocycles. The number of hydrogen-bond donors (Lipinski definition) is 2. The maximum atomic E-state index is 12.1. The van der Waals surface area contributed by atoms with Crippen LogP contribution in [0.15, 0.2) is 72.9 Å². The van der Waals surface area contributed by atoms with Gasteiger partial charge in [0.05, 0.1) is 6.54 Å². The van der Waals surface area contributed by atoms with Crippen LogP contribution in [0.2, 0.25) is 0 Å². The van der Waals surface area contributed by atoms with Gasteiger partial charge in [0, 0.05) is 23.0 Å². The Labute approximate surface area is 165 Å². The summed E-state index contributed by atoms with van der Waals surface area (Å²) in [5, 5.41) is 6.25. The van der Waals surface area contributed by atoms with Gasteiger partial charge in [-0.1, -0.05) is 29.5 Å². The molecule has 4 rings (SSSR count). The molecule has 0 saturated heterocycles. The Morgan fingerprint density at radius 1 is 0.929 bits per heavy atom. The van der Waals surface area contributed by atoms with Gasteiger partial charge in [0.25, 0.3) is 5.91 Å². The van der Waals surface area contributed by atoms with Crippen molar-refractivity contribution in [2.45, 2.75) is 0 Å². The van der Waals surface area contributed by atoms with E-state index < -0.39 is 0 Å². The minimum Gasteiger partial charge on any atom is -0.343 e. The highest BCUT2D eigenvalue weighted by atomic mass is 32.1. The van der Waals surface area contributed by atoms with E-state index in [0.717, 1.165) is 20.9 Å². The molecule has 0 saturated carbocycles. The lowest BCUT2D eigenvalue weighted by atomic mass is 10.2. The summed E-state index contributed by atoms with van der Waals surface area (Å²) in [6.07, 6.45) is 1.75. The number of aromatic nitrogens is 2. The van der Waals surface area contributed by atoms with Crippen molar-refractivity contribution < 1.29 is 9.59 Å². The number of hydrogen-bond acceptors (Lipinski definition) is 5. The lowest BCUT2D eigenvalue weighted by molar-refractivity contribution is -0.115. The van der Waals surface area contributed by atoms with E-state index in [2.05, 4.69) is 20.6 Å². The van der Waals surface area contributed by atoms with Gasteiger partial charge in [-0.3, -0.25) is 9.59 Å². The van der Waals surface area contributed by atoms with Crippen molar-refractivity contribution in [3.05, 3.63) is 78.5 Å². The third kappa shape index (κ3) is 4.05. The number of carbonyl (C=O) groups is 2. The fraction of sp³-hybridized carbons (Fsp3) is 0.0476. The molecule has 0 aliphatic rings. The summed E-state index contributed by atoms with van der Waals surface area (Å²) in [6, 6.07) is 20.0. The van der Waals surface area contributed by atoms with Gasteiger partial charge in [-0.05, 0) is 48.5 Å². The van der Waals surface area contributed by atoms with Gasteiger partial charge in [0.15, 0.2) is 0 Å². The van der Waals surface area contributed by atoms with E-state index in [1.807, 2.05) is 42.5 Å². The van der Waals surface area contributed by atoms with Gasteiger partial charge in [-0.2, -0.15) is 0 Å². The van der Waals surface area contributed by atoms with Crippen LogP contribution >= 0.6 is 11.3 Å². The van der Waals surface area contributed by atoms with E-state index in [4.69, 9.17) is 0 Å².